The van der Waals surface area contributed by atoms with E-state index in [1.54, 1.807) is 37.3 Å². The third-order valence-electron chi connectivity index (χ3n) is 3.01. The second kappa shape index (κ2) is 7.17. The minimum Gasteiger partial charge on any atom is -0.450 e. The van der Waals surface area contributed by atoms with Crippen LogP contribution in [0, 0.1) is 10.1 Å². The maximum absolute atomic E-state index is 12.6. The Morgan fingerprint density at radius 3 is 2.48 bits per heavy atom. The number of hydrogen-bond acceptors (Lipinski definition) is 5. The minimum absolute atomic E-state index is 0.0263. The van der Waals surface area contributed by atoms with Crippen LogP contribution in [0.15, 0.2) is 48.5 Å². The molecule has 0 fully saturated rings. The summed E-state index contributed by atoms with van der Waals surface area (Å²) in [6.07, 6.45) is -0.733. The first-order valence-corrected chi connectivity index (χ1v) is 6.85. The number of nitro benzene ring substituents is 1. The molecule has 0 aromatic heterocycles. The molecule has 0 aliphatic rings. The standard InChI is InChI=1S/C16H14N2O5/c1-2-23-16(20)17-14-9-8-12(18(21)22)10-13(14)15(19)11-6-4-3-5-7-11/h3-10H,2H2,1H3,(H,17,20). The molecule has 2 aromatic carbocycles. The van der Waals surface area contributed by atoms with Crippen molar-refractivity contribution in [2.75, 3.05) is 11.9 Å². The number of ether oxygens (including phenoxy) is 1. The molecule has 2 rings (SSSR count). The monoisotopic (exact) mass is 314 g/mol. The van der Waals surface area contributed by atoms with Crippen molar-refractivity contribution in [3.8, 4) is 0 Å². The zero-order chi connectivity index (χ0) is 16.8. The Bertz CT molecular complexity index is 743. The summed E-state index contributed by atoms with van der Waals surface area (Å²) in [5.74, 6) is -0.430. The van der Waals surface area contributed by atoms with Crippen LogP contribution in [-0.4, -0.2) is 23.4 Å². The Kier molecular flexibility index (Phi) is 5.03. The van der Waals surface area contributed by atoms with E-state index in [4.69, 9.17) is 4.74 Å². The van der Waals surface area contributed by atoms with Crippen LogP contribution in [-0.2, 0) is 4.74 Å². The van der Waals surface area contributed by atoms with Gasteiger partial charge in [-0.2, -0.15) is 0 Å². The van der Waals surface area contributed by atoms with Crippen molar-refractivity contribution < 1.29 is 19.2 Å². The third-order valence-corrected chi connectivity index (χ3v) is 3.01. The van der Waals surface area contributed by atoms with Gasteiger partial charge in [0.25, 0.3) is 5.69 Å². The number of rotatable bonds is 5. The van der Waals surface area contributed by atoms with Gasteiger partial charge in [-0.3, -0.25) is 20.2 Å². The number of carbonyl (C=O) groups excluding carboxylic acids is 2. The van der Waals surface area contributed by atoms with Gasteiger partial charge in [-0.05, 0) is 13.0 Å². The van der Waals surface area contributed by atoms with Crippen molar-refractivity contribution in [2.24, 2.45) is 0 Å². The van der Waals surface area contributed by atoms with E-state index >= 15 is 0 Å². The fourth-order valence-electron chi connectivity index (χ4n) is 1.96. The number of nitrogens with zero attached hydrogens (tertiary/aromatic N) is 1. The topological polar surface area (TPSA) is 98.5 Å². The summed E-state index contributed by atoms with van der Waals surface area (Å²) in [7, 11) is 0. The van der Waals surface area contributed by atoms with Crippen molar-refractivity contribution in [3.05, 3.63) is 69.8 Å². The molecule has 7 nitrogen and oxygen atoms in total. The van der Waals surface area contributed by atoms with Crippen molar-refractivity contribution in [2.45, 2.75) is 6.92 Å². The van der Waals surface area contributed by atoms with E-state index in [0.717, 1.165) is 6.07 Å². The van der Waals surface area contributed by atoms with E-state index in [0.29, 0.717) is 5.56 Å². The maximum atomic E-state index is 12.6. The molecule has 1 amide bonds. The molecule has 0 saturated heterocycles. The molecule has 0 atom stereocenters. The van der Waals surface area contributed by atoms with Crippen LogP contribution in [0.4, 0.5) is 16.2 Å². The smallest absolute Gasteiger partial charge is 0.411 e. The number of hydrogen-bond donors (Lipinski definition) is 1. The molecule has 0 unspecified atom stereocenters. The third kappa shape index (κ3) is 3.91. The summed E-state index contributed by atoms with van der Waals surface area (Å²) >= 11 is 0. The molecule has 2 aromatic rings. The Balaban J connectivity index is 2.44. The Morgan fingerprint density at radius 1 is 1.17 bits per heavy atom. The van der Waals surface area contributed by atoms with E-state index < -0.39 is 16.8 Å². The van der Waals surface area contributed by atoms with Crippen molar-refractivity contribution in [3.63, 3.8) is 0 Å². The predicted molar refractivity (Wildman–Crippen MR) is 83.6 cm³/mol. The average molecular weight is 314 g/mol. The lowest BCUT2D eigenvalue weighted by atomic mass is 10.0. The second-order valence-corrected chi connectivity index (χ2v) is 4.53. The summed E-state index contributed by atoms with van der Waals surface area (Å²) < 4.78 is 4.77. The first-order chi connectivity index (χ1) is 11.0. The minimum atomic E-state index is -0.733. The highest BCUT2D eigenvalue weighted by molar-refractivity contribution is 6.13. The first-order valence-electron chi connectivity index (χ1n) is 6.85. The number of anilines is 1. The van der Waals surface area contributed by atoms with Crippen LogP contribution in [0.1, 0.15) is 22.8 Å². The summed E-state index contributed by atoms with van der Waals surface area (Å²) in [6, 6.07) is 12.0. The van der Waals surface area contributed by atoms with Crippen LogP contribution in [0.5, 0.6) is 0 Å². The molecule has 118 valence electrons. The summed E-state index contributed by atoms with van der Waals surface area (Å²) in [5.41, 5.74) is 0.306. The quantitative estimate of drug-likeness (QED) is 0.518. The van der Waals surface area contributed by atoms with Crippen molar-refractivity contribution >= 4 is 23.3 Å². The summed E-state index contributed by atoms with van der Waals surface area (Å²) in [5, 5.41) is 13.4. The highest BCUT2D eigenvalue weighted by Gasteiger charge is 2.19. The number of amides is 1. The van der Waals surface area contributed by atoms with Gasteiger partial charge in [0.15, 0.2) is 5.78 Å². The van der Waals surface area contributed by atoms with E-state index in [9.17, 15) is 19.7 Å². The molecular weight excluding hydrogens is 300 g/mol. The first kappa shape index (κ1) is 16.2. The van der Waals surface area contributed by atoms with Gasteiger partial charge < -0.3 is 4.74 Å². The predicted octanol–water partition coefficient (Wildman–Crippen LogP) is 3.39. The molecule has 0 radical (unpaired) electrons. The van der Waals surface area contributed by atoms with Gasteiger partial charge in [-0.15, -0.1) is 0 Å². The zero-order valence-corrected chi connectivity index (χ0v) is 12.3. The Morgan fingerprint density at radius 2 is 1.87 bits per heavy atom. The van der Waals surface area contributed by atoms with Crippen molar-refractivity contribution in [1.82, 2.24) is 0 Å². The fourth-order valence-corrected chi connectivity index (χ4v) is 1.96. The Hall–Kier alpha value is -3.22. The average Bonchev–Trinajstić information content (AvgIpc) is 2.55. The molecule has 1 N–H and O–H groups in total. The number of carbonyl (C=O) groups is 2. The number of ketones is 1. The molecule has 0 saturated carbocycles. The SMILES string of the molecule is CCOC(=O)Nc1ccc([N+](=O)[O-])cc1C(=O)c1ccccc1. The number of nitro groups is 1. The highest BCUT2D eigenvalue weighted by atomic mass is 16.6. The molecular formula is C16H14N2O5. The van der Waals surface area contributed by atoms with Gasteiger partial charge >= 0.3 is 6.09 Å². The van der Waals surface area contributed by atoms with Crippen LogP contribution in [0.3, 0.4) is 0 Å². The molecule has 0 aliphatic carbocycles. The number of nitrogens with one attached hydrogen (secondary N) is 1. The van der Waals surface area contributed by atoms with Crippen LogP contribution < -0.4 is 5.32 Å². The van der Waals surface area contributed by atoms with Crippen molar-refractivity contribution in [1.29, 1.82) is 0 Å². The number of benzene rings is 2. The molecule has 0 aliphatic heterocycles. The van der Waals surface area contributed by atoms with Gasteiger partial charge in [0.05, 0.1) is 22.8 Å². The lowest BCUT2D eigenvalue weighted by molar-refractivity contribution is -0.384. The van der Waals surface area contributed by atoms with Crippen LogP contribution in [0.2, 0.25) is 0 Å². The molecule has 23 heavy (non-hydrogen) atoms. The lowest BCUT2D eigenvalue weighted by Crippen LogP contribution is -2.16. The van der Waals surface area contributed by atoms with Gasteiger partial charge in [0.1, 0.15) is 0 Å². The van der Waals surface area contributed by atoms with Gasteiger partial charge in [-0.25, -0.2) is 4.79 Å². The summed E-state index contributed by atoms with van der Waals surface area (Å²) in [4.78, 5) is 34.5. The van der Waals surface area contributed by atoms with Gasteiger partial charge in [0, 0.05) is 17.7 Å². The number of non-ortho nitro benzene ring substituents is 1. The van der Waals surface area contributed by atoms with E-state index in [-0.39, 0.29) is 23.5 Å². The Labute approximate surface area is 132 Å². The second-order valence-electron chi connectivity index (χ2n) is 4.53. The molecule has 7 heteroatoms. The van der Waals surface area contributed by atoms with Gasteiger partial charge in [-0.1, -0.05) is 30.3 Å². The van der Waals surface area contributed by atoms with E-state index in [1.165, 1.54) is 12.1 Å². The maximum Gasteiger partial charge on any atom is 0.411 e. The van der Waals surface area contributed by atoms with E-state index in [1.807, 2.05) is 0 Å². The highest BCUT2D eigenvalue weighted by Crippen LogP contribution is 2.25. The fraction of sp³-hybridized carbons (Fsp3) is 0.125. The van der Waals surface area contributed by atoms with Gasteiger partial charge in [0.2, 0.25) is 0 Å². The summed E-state index contributed by atoms with van der Waals surface area (Å²) in [6.45, 7) is 1.81. The molecule has 0 heterocycles. The van der Waals surface area contributed by atoms with Crippen LogP contribution >= 0.6 is 0 Å². The largest absolute Gasteiger partial charge is 0.450 e. The zero-order valence-electron chi connectivity index (χ0n) is 12.3. The molecule has 0 bridgehead atoms. The van der Waals surface area contributed by atoms with Crippen LogP contribution in [0.25, 0.3) is 0 Å². The van der Waals surface area contributed by atoms with E-state index in [2.05, 4.69) is 5.32 Å². The lowest BCUT2D eigenvalue weighted by Gasteiger charge is -2.10. The molecule has 0 spiro atoms. The normalized spacial score (nSPS) is 9.96.